The number of methoxy groups -OCH3 is 1. The van der Waals surface area contributed by atoms with Gasteiger partial charge in [0.25, 0.3) is 5.56 Å². The van der Waals surface area contributed by atoms with Crippen LogP contribution in [0, 0.1) is 5.82 Å². The molecular formula is C29H28FN3O3. The summed E-state index contributed by atoms with van der Waals surface area (Å²) < 4.78 is 18.7. The minimum Gasteiger partial charge on any atom is -0.494 e. The van der Waals surface area contributed by atoms with E-state index in [0.29, 0.717) is 22.4 Å². The van der Waals surface area contributed by atoms with E-state index in [1.807, 2.05) is 18.2 Å². The molecule has 184 valence electrons. The molecule has 0 radical (unpaired) electrons. The smallest absolute Gasteiger partial charge is 0.258 e. The lowest BCUT2D eigenvalue weighted by atomic mass is 9.99. The third-order valence-corrected chi connectivity index (χ3v) is 6.74. The topological polar surface area (TPSA) is 77.9 Å². The number of fused-ring (bicyclic) bond motifs is 1. The summed E-state index contributed by atoms with van der Waals surface area (Å²) in [5, 5.41) is 11.5. The standard InChI is InChI=1S/C29H28FN3O3/c1-36-18-24-3-2-14-33(24)17-19-4-11-23(12-5-19)31-16-27-26-15-21(20-6-9-22(30)10-7-20)8-13-25(26)28(34)32-29(27)35/h4-13,15-16,24H,2-3,14,17-18H2,1H3,(H2,32,34,35)/t24-/m0/s1. The Bertz CT molecular complexity index is 1450. The number of pyridine rings is 1. The molecule has 6 nitrogen and oxygen atoms in total. The Morgan fingerprint density at radius 2 is 1.83 bits per heavy atom. The molecule has 4 aromatic rings. The van der Waals surface area contributed by atoms with Gasteiger partial charge >= 0.3 is 0 Å². The lowest BCUT2D eigenvalue weighted by Gasteiger charge is -2.23. The number of H-pyrrole nitrogens is 1. The van der Waals surface area contributed by atoms with Crippen molar-refractivity contribution in [1.82, 2.24) is 9.88 Å². The summed E-state index contributed by atoms with van der Waals surface area (Å²) in [4.78, 5) is 21.9. The molecule has 1 fully saturated rings. The molecule has 5 rings (SSSR count). The number of likely N-dealkylation sites (tertiary alicyclic amines) is 1. The molecule has 0 saturated carbocycles. The van der Waals surface area contributed by atoms with Crippen LogP contribution >= 0.6 is 0 Å². The molecule has 2 heterocycles. The maximum Gasteiger partial charge on any atom is 0.258 e. The second-order valence-corrected chi connectivity index (χ2v) is 9.13. The number of aliphatic imine (C=N–C) groups is 1. The summed E-state index contributed by atoms with van der Waals surface area (Å²) in [6.45, 7) is 2.70. The number of aromatic amines is 1. The van der Waals surface area contributed by atoms with Crippen LogP contribution in [0.15, 0.2) is 76.5 Å². The Kier molecular flexibility index (Phi) is 6.93. The summed E-state index contributed by atoms with van der Waals surface area (Å²) in [5.41, 5.74) is 3.59. The molecule has 36 heavy (non-hydrogen) atoms. The number of nitrogens with one attached hydrogen (secondary N) is 1. The molecule has 0 amide bonds. The fraction of sp³-hybridized carbons (Fsp3) is 0.241. The predicted molar refractivity (Wildman–Crippen MR) is 141 cm³/mol. The molecule has 3 aromatic carbocycles. The molecule has 1 aliphatic heterocycles. The predicted octanol–water partition coefficient (Wildman–Crippen LogP) is 5.40. The fourth-order valence-electron chi connectivity index (χ4n) is 4.83. The van der Waals surface area contributed by atoms with Crippen LogP contribution in [0.1, 0.15) is 24.0 Å². The number of rotatable bonds is 7. The molecule has 0 spiro atoms. The van der Waals surface area contributed by atoms with E-state index in [9.17, 15) is 14.3 Å². The highest BCUT2D eigenvalue weighted by molar-refractivity contribution is 6.03. The van der Waals surface area contributed by atoms with Gasteiger partial charge < -0.3 is 9.84 Å². The van der Waals surface area contributed by atoms with Gasteiger partial charge in [0.05, 0.1) is 17.9 Å². The van der Waals surface area contributed by atoms with Crippen LogP contribution in [0.2, 0.25) is 0 Å². The average molecular weight is 486 g/mol. The van der Waals surface area contributed by atoms with Crippen molar-refractivity contribution in [3.05, 3.63) is 94.0 Å². The van der Waals surface area contributed by atoms with E-state index in [1.54, 1.807) is 37.6 Å². The van der Waals surface area contributed by atoms with Gasteiger partial charge in [-0.25, -0.2) is 4.39 Å². The second-order valence-electron chi connectivity index (χ2n) is 9.13. The molecule has 1 aromatic heterocycles. The van der Waals surface area contributed by atoms with E-state index >= 15 is 0 Å². The van der Waals surface area contributed by atoms with Gasteiger partial charge in [0.1, 0.15) is 5.82 Å². The first-order valence-corrected chi connectivity index (χ1v) is 12.0. The van der Waals surface area contributed by atoms with Crippen LogP contribution in [0.5, 0.6) is 5.88 Å². The van der Waals surface area contributed by atoms with E-state index < -0.39 is 0 Å². The summed E-state index contributed by atoms with van der Waals surface area (Å²) >= 11 is 0. The van der Waals surface area contributed by atoms with Crippen LogP contribution in [0.3, 0.4) is 0 Å². The van der Waals surface area contributed by atoms with Gasteiger partial charge in [-0.05, 0) is 72.5 Å². The van der Waals surface area contributed by atoms with Crippen LogP contribution in [0.4, 0.5) is 10.1 Å². The van der Waals surface area contributed by atoms with Gasteiger partial charge in [-0.15, -0.1) is 0 Å². The summed E-state index contributed by atoms with van der Waals surface area (Å²) in [6, 6.07) is 19.9. The number of hydrogen-bond acceptors (Lipinski definition) is 5. The molecular weight excluding hydrogens is 457 g/mol. The Morgan fingerprint density at radius 1 is 1.08 bits per heavy atom. The van der Waals surface area contributed by atoms with Crippen molar-refractivity contribution in [1.29, 1.82) is 0 Å². The third-order valence-electron chi connectivity index (χ3n) is 6.74. The van der Waals surface area contributed by atoms with Gasteiger partial charge in [-0.2, -0.15) is 0 Å². The van der Waals surface area contributed by atoms with Gasteiger partial charge in [0, 0.05) is 36.7 Å². The zero-order valence-corrected chi connectivity index (χ0v) is 20.1. The highest BCUT2D eigenvalue weighted by Gasteiger charge is 2.24. The Balaban J connectivity index is 1.41. The lowest BCUT2D eigenvalue weighted by Crippen LogP contribution is -2.32. The van der Waals surface area contributed by atoms with Crippen molar-refractivity contribution in [2.24, 2.45) is 4.99 Å². The van der Waals surface area contributed by atoms with E-state index in [-0.39, 0.29) is 17.3 Å². The fourth-order valence-corrected chi connectivity index (χ4v) is 4.83. The van der Waals surface area contributed by atoms with Crippen molar-refractivity contribution < 1.29 is 14.2 Å². The van der Waals surface area contributed by atoms with Crippen LogP contribution in [-0.2, 0) is 11.3 Å². The molecule has 7 heteroatoms. The average Bonchev–Trinajstić information content (AvgIpc) is 3.31. The van der Waals surface area contributed by atoms with Gasteiger partial charge in [-0.1, -0.05) is 30.3 Å². The van der Waals surface area contributed by atoms with Crippen molar-refractivity contribution in [2.75, 3.05) is 20.3 Å². The minimum absolute atomic E-state index is 0.248. The maximum atomic E-state index is 13.4. The van der Waals surface area contributed by atoms with Crippen molar-refractivity contribution >= 4 is 22.7 Å². The number of benzene rings is 3. The number of aromatic hydroxyl groups is 1. The molecule has 1 atom stereocenters. The Hall–Kier alpha value is -3.81. The molecule has 1 aliphatic rings. The first-order valence-electron chi connectivity index (χ1n) is 12.0. The van der Waals surface area contributed by atoms with Crippen LogP contribution in [0.25, 0.3) is 21.9 Å². The maximum absolute atomic E-state index is 13.4. The number of aromatic nitrogens is 1. The highest BCUT2D eigenvalue weighted by Crippen LogP contribution is 2.28. The van der Waals surface area contributed by atoms with Crippen molar-refractivity contribution in [2.45, 2.75) is 25.4 Å². The number of halogens is 1. The number of hydrogen-bond donors (Lipinski definition) is 2. The number of ether oxygens (including phenoxy) is 1. The van der Waals surface area contributed by atoms with E-state index in [1.165, 1.54) is 24.1 Å². The Morgan fingerprint density at radius 3 is 2.58 bits per heavy atom. The van der Waals surface area contributed by atoms with Gasteiger partial charge in [0.2, 0.25) is 5.88 Å². The lowest BCUT2D eigenvalue weighted by molar-refractivity contribution is 0.112. The molecule has 2 N–H and O–H groups in total. The first kappa shape index (κ1) is 23.9. The SMILES string of the molecule is COC[C@@H]1CCCN1Cc1ccc(N=Cc2c(O)[nH]c(=O)c3ccc(-c4ccc(F)cc4)cc23)cc1. The van der Waals surface area contributed by atoms with E-state index in [0.717, 1.165) is 42.9 Å². The minimum atomic E-state index is -0.386. The Labute approximate surface area is 208 Å². The van der Waals surface area contributed by atoms with Crippen LogP contribution < -0.4 is 5.56 Å². The zero-order valence-electron chi connectivity index (χ0n) is 20.1. The quantitative estimate of drug-likeness (QED) is 0.344. The molecule has 0 bridgehead atoms. The monoisotopic (exact) mass is 485 g/mol. The molecule has 0 aliphatic carbocycles. The summed E-state index contributed by atoms with van der Waals surface area (Å²) in [6.07, 6.45) is 3.91. The molecule has 1 saturated heterocycles. The highest BCUT2D eigenvalue weighted by atomic mass is 19.1. The van der Waals surface area contributed by atoms with Crippen molar-refractivity contribution in [3.8, 4) is 17.0 Å². The first-order chi connectivity index (χ1) is 17.5. The summed E-state index contributed by atoms with van der Waals surface area (Å²) in [5.74, 6) is -0.565. The third kappa shape index (κ3) is 5.08. The summed E-state index contributed by atoms with van der Waals surface area (Å²) in [7, 11) is 1.75. The number of nitrogens with zero attached hydrogens (tertiary/aromatic N) is 2. The van der Waals surface area contributed by atoms with Gasteiger partial charge in [-0.3, -0.25) is 19.7 Å². The molecule has 0 unspecified atom stereocenters. The van der Waals surface area contributed by atoms with E-state index in [2.05, 4.69) is 27.0 Å². The van der Waals surface area contributed by atoms with Gasteiger partial charge in [0.15, 0.2) is 0 Å². The van der Waals surface area contributed by atoms with Crippen LogP contribution in [-0.4, -0.2) is 47.5 Å². The normalized spacial score (nSPS) is 16.3. The van der Waals surface area contributed by atoms with Crippen molar-refractivity contribution in [3.63, 3.8) is 0 Å². The largest absolute Gasteiger partial charge is 0.494 e. The second kappa shape index (κ2) is 10.4. The van der Waals surface area contributed by atoms with E-state index in [4.69, 9.17) is 4.74 Å². The zero-order chi connectivity index (χ0) is 25.1.